The number of carbonyl (C=O) groups is 1. The number of nitrogens with one attached hydrogen (secondary N) is 2. The molecule has 0 saturated heterocycles. The molecule has 5 heteroatoms. The molecule has 1 unspecified atom stereocenters. The second-order valence-corrected chi connectivity index (χ2v) is 5.81. The molecular formula is C17H17ClN2O2. The fourth-order valence-corrected chi connectivity index (χ4v) is 2.76. The van der Waals surface area contributed by atoms with Crippen molar-refractivity contribution >= 4 is 23.3 Å². The molecule has 0 saturated carbocycles. The van der Waals surface area contributed by atoms with Crippen LogP contribution in [0.15, 0.2) is 42.5 Å². The summed E-state index contributed by atoms with van der Waals surface area (Å²) in [7, 11) is 0. The minimum Gasteiger partial charge on any atom is -0.491 e. The molecule has 114 valence electrons. The summed E-state index contributed by atoms with van der Waals surface area (Å²) >= 11 is 5.91. The van der Waals surface area contributed by atoms with Crippen molar-refractivity contribution in [1.82, 2.24) is 5.32 Å². The monoisotopic (exact) mass is 316 g/mol. The molecular weight excluding hydrogens is 300 g/mol. The summed E-state index contributed by atoms with van der Waals surface area (Å²) in [6.07, 6.45) is 0.767. The van der Waals surface area contributed by atoms with Crippen LogP contribution in [-0.4, -0.2) is 18.7 Å². The molecule has 1 atom stereocenters. The zero-order valence-electron chi connectivity index (χ0n) is 12.2. The summed E-state index contributed by atoms with van der Waals surface area (Å²) < 4.78 is 5.67. The molecule has 2 amide bonds. The van der Waals surface area contributed by atoms with Crippen molar-refractivity contribution in [3.63, 3.8) is 0 Å². The third kappa shape index (κ3) is 3.34. The fraction of sp³-hybridized carbons (Fsp3) is 0.235. The Morgan fingerprint density at radius 1 is 1.27 bits per heavy atom. The molecule has 0 fully saturated rings. The van der Waals surface area contributed by atoms with E-state index in [0.29, 0.717) is 11.6 Å². The van der Waals surface area contributed by atoms with E-state index in [1.54, 1.807) is 12.1 Å². The third-order valence-corrected chi connectivity index (χ3v) is 3.89. The number of urea groups is 1. The largest absolute Gasteiger partial charge is 0.491 e. The smallest absolute Gasteiger partial charge is 0.319 e. The van der Waals surface area contributed by atoms with Gasteiger partial charge in [0.15, 0.2) is 0 Å². The first-order valence-corrected chi connectivity index (χ1v) is 7.54. The summed E-state index contributed by atoms with van der Waals surface area (Å²) in [5.74, 6) is 0.898. The second kappa shape index (κ2) is 6.28. The molecule has 0 radical (unpaired) electrons. The number of ether oxygens (including phenoxy) is 1. The van der Waals surface area contributed by atoms with Crippen molar-refractivity contribution in [3.05, 3.63) is 58.6 Å². The first kappa shape index (κ1) is 14.7. The number of para-hydroxylation sites is 1. The third-order valence-electron chi connectivity index (χ3n) is 3.65. The average Bonchev–Trinajstić information content (AvgIpc) is 2.50. The van der Waals surface area contributed by atoms with Gasteiger partial charge in [-0.15, -0.1) is 0 Å². The first-order chi connectivity index (χ1) is 10.6. The van der Waals surface area contributed by atoms with Crippen molar-refractivity contribution in [2.45, 2.75) is 19.4 Å². The van der Waals surface area contributed by atoms with Crippen molar-refractivity contribution in [2.75, 3.05) is 11.9 Å². The zero-order valence-corrected chi connectivity index (χ0v) is 13.0. The number of anilines is 1. The van der Waals surface area contributed by atoms with E-state index in [2.05, 4.69) is 10.6 Å². The summed E-state index contributed by atoms with van der Waals surface area (Å²) in [5.41, 5.74) is 2.79. The molecule has 3 rings (SSSR count). The first-order valence-electron chi connectivity index (χ1n) is 7.16. The van der Waals surface area contributed by atoms with Gasteiger partial charge in [-0.3, -0.25) is 0 Å². The van der Waals surface area contributed by atoms with Crippen molar-refractivity contribution in [3.8, 4) is 5.75 Å². The second-order valence-electron chi connectivity index (χ2n) is 5.38. The number of halogens is 1. The Hall–Kier alpha value is -2.20. The van der Waals surface area contributed by atoms with Crippen LogP contribution in [0.1, 0.15) is 11.1 Å². The van der Waals surface area contributed by atoms with Crippen LogP contribution in [-0.2, 0) is 6.42 Å². The highest BCUT2D eigenvalue weighted by Gasteiger charge is 2.21. The number of hydrogen-bond donors (Lipinski definition) is 2. The number of aryl methyl sites for hydroxylation is 1. The minimum atomic E-state index is -0.238. The van der Waals surface area contributed by atoms with Crippen LogP contribution in [0.4, 0.5) is 10.5 Å². The predicted octanol–water partition coefficient (Wildman–Crippen LogP) is 3.77. The highest BCUT2D eigenvalue weighted by atomic mass is 35.5. The maximum absolute atomic E-state index is 12.1. The number of hydrogen-bond acceptors (Lipinski definition) is 2. The molecule has 22 heavy (non-hydrogen) atoms. The molecule has 2 aromatic rings. The number of benzene rings is 2. The van der Waals surface area contributed by atoms with Crippen LogP contribution in [0, 0.1) is 6.92 Å². The van der Waals surface area contributed by atoms with Crippen molar-refractivity contribution in [1.29, 1.82) is 0 Å². The number of carbonyl (C=O) groups excluding carboxylic acids is 1. The molecule has 0 spiro atoms. The van der Waals surface area contributed by atoms with Gasteiger partial charge in [0, 0.05) is 10.7 Å². The lowest BCUT2D eigenvalue weighted by molar-refractivity contribution is 0.222. The zero-order chi connectivity index (χ0) is 15.5. The molecule has 2 N–H and O–H groups in total. The molecule has 0 aliphatic carbocycles. The number of rotatable bonds is 2. The van der Waals surface area contributed by atoms with E-state index in [4.69, 9.17) is 16.3 Å². The normalized spacial score (nSPS) is 16.4. The summed E-state index contributed by atoms with van der Waals surface area (Å²) in [6.45, 7) is 2.38. The lowest BCUT2D eigenvalue weighted by Gasteiger charge is -2.26. The molecule has 0 bridgehead atoms. The summed E-state index contributed by atoms with van der Waals surface area (Å²) in [5, 5.41) is 6.44. The van der Waals surface area contributed by atoms with Crippen LogP contribution >= 0.6 is 11.6 Å². The number of fused-ring (bicyclic) bond motifs is 1. The molecule has 2 aromatic carbocycles. The van der Waals surface area contributed by atoms with Gasteiger partial charge in [-0.2, -0.15) is 0 Å². The van der Waals surface area contributed by atoms with Crippen LogP contribution < -0.4 is 15.4 Å². The Morgan fingerprint density at radius 2 is 2.09 bits per heavy atom. The lowest BCUT2D eigenvalue weighted by Crippen LogP contribution is -2.44. The van der Waals surface area contributed by atoms with Gasteiger partial charge in [0.2, 0.25) is 0 Å². The van der Waals surface area contributed by atoms with Gasteiger partial charge in [-0.1, -0.05) is 29.8 Å². The van der Waals surface area contributed by atoms with E-state index in [1.165, 1.54) is 0 Å². The van der Waals surface area contributed by atoms with Gasteiger partial charge >= 0.3 is 6.03 Å². The van der Waals surface area contributed by atoms with Gasteiger partial charge in [0.1, 0.15) is 12.4 Å². The standard InChI is InChI=1S/C17H17ClN2O2/c1-11-8-13(18)6-7-15(11)20-17(21)19-14-9-12-4-2-3-5-16(12)22-10-14/h2-8,14H,9-10H2,1H3,(H2,19,20,21). The molecule has 0 aromatic heterocycles. The van der Waals surface area contributed by atoms with Gasteiger partial charge in [-0.25, -0.2) is 4.79 Å². The van der Waals surface area contributed by atoms with E-state index in [1.807, 2.05) is 37.3 Å². The highest BCUT2D eigenvalue weighted by Crippen LogP contribution is 2.24. The highest BCUT2D eigenvalue weighted by molar-refractivity contribution is 6.30. The van der Waals surface area contributed by atoms with Crippen LogP contribution in [0.2, 0.25) is 5.02 Å². The maximum atomic E-state index is 12.1. The molecule has 1 aliphatic rings. The Labute approximate surface area is 134 Å². The van der Waals surface area contributed by atoms with Crippen LogP contribution in [0.25, 0.3) is 0 Å². The van der Waals surface area contributed by atoms with Crippen LogP contribution in [0.3, 0.4) is 0 Å². The Kier molecular flexibility index (Phi) is 4.20. The lowest BCUT2D eigenvalue weighted by atomic mass is 10.0. The van der Waals surface area contributed by atoms with Crippen molar-refractivity contribution in [2.24, 2.45) is 0 Å². The van der Waals surface area contributed by atoms with Gasteiger partial charge in [0.25, 0.3) is 0 Å². The van der Waals surface area contributed by atoms with Gasteiger partial charge in [0.05, 0.1) is 6.04 Å². The minimum absolute atomic E-state index is 0.0393. The van der Waals surface area contributed by atoms with Crippen molar-refractivity contribution < 1.29 is 9.53 Å². The molecule has 1 heterocycles. The van der Waals surface area contributed by atoms with E-state index in [-0.39, 0.29) is 12.1 Å². The van der Waals surface area contributed by atoms with E-state index in [0.717, 1.165) is 29.0 Å². The van der Waals surface area contributed by atoms with Crippen LogP contribution in [0.5, 0.6) is 5.75 Å². The quantitative estimate of drug-likeness (QED) is 0.886. The summed E-state index contributed by atoms with van der Waals surface area (Å²) in [6, 6.07) is 13.0. The number of amides is 2. The van der Waals surface area contributed by atoms with Gasteiger partial charge < -0.3 is 15.4 Å². The Bertz CT molecular complexity index is 703. The molecule has 1 aliphatic heterocycles. The molecule has 4 nitrogen and oxygen atoms in total. The van der Waals surface area contributed by atoms with Gasteiger partial charge in [-0.05, 0) is 48.7 Å². The van der Waals surface area contributed by atoms with E-state index < -0.39 is 0 Å². The maximum Gasteiger partial charge on any atom is 0.319 e. The topological polar surface area (TPSA) is 50.4 Å². The van der Waals surface area contributed by atoms with E-state index >= 15 is 0 Å². The van der Waals surface area contributed by atoms with E-state index in [9.17, 15) is 4.79 Å². The summed E-state index contributed by atoms with van der Waals surface area (Å²) in [4.78, 5) is 12.1. The fourth-order valence-electron chi connectivity index (χ4n) is 2.53. The average molecular weight is 317 g/mol. The Balaban J connectivity index is 1.61. The Morgan fingerprint density at radius 3 is 2.91 bits per heavy atom. The predicted molar refractivity (Wildman–Crippen MR) is 87.8 cm³/mol. The SMILES string of the molecule is Cc1cc(Cl)ccc1NC(=O)NC1COc2ccccc2C1.